The molecule has 2 atom stereocenters. The van der Waals surface area contributed by atoms with Crippen LogP contribution in [0.5, 0.6) is 5.75 Å². The van der Waals surface area contributed by atoms with E-state index in [0.29, 0.717) is 0 Å². The third kappa shape index (κ3) is 2.68. The van der Waals surface area contributed by atoms with Crippen LogP contribution in [0.25, 0.3) is 0 Å². The molecule has 0 heterocycles. The second kappa shape index (κ2) is 5.71. The number of methoxy groups -OCH3 is 1. The highest BCUT2D eigenvalue weighted by molar-refractivity contribution is 6.52. The maximum absolute atomic E-state index is 12.8. The molecule has 0 N–H and O–H groups in total. The van der Waals surface area contributed by atoms with Gasteiger partial charge in [-0.1, -0.05) is 30.3 Å². The lowest BCUT2D eigenvalue weighted by atomic mass is 10.0. The van der Waals surface area contributed by atoms with Crippen molar-refractivity contribution in [2.45, 2.75) is 22.6 Å². The fourth-order valence-corrected chi connectivity index (χ4v) is 3.74. The number of halogens is 4. The second-order valence-electron chi connectivity index (χ2n) is 5.37. The number of ether oxygens (including phenoxy) is 1. The van der Waals surface area contributed by atoms with Crippen molar-refractivity contribution < 1.29 is 13.5 Å². The van der Waals surface area contributed by atoms with Crippen LogP contribution in [0.3, 0.4) is 0 Å². The van der Waals surface area contributed by atoms with E-state index in [0.717, 1.165) is 16.9 Å². The lowest BCUT2D eigenvalue weighted by molar-refractivity contribution is 0.151. The Morgan fingerprint density at radius 2 is 1.64 bits per heavy atom. The van der Waals surface area contributed by atoms with E-state index >= 15 is 0 Å². The van der Waals surface area contributed by atoms with Gasteiger partial charge in [0.25, 0.3) is 6.43 Å². The van der Waals surface area contributed by atoms with E-state index in [4.69, 9.17) is 27.9 Å². The van der Waals surface area contributed by atoms with Gasteiger partial charge in [-0.15, -0.1) is 23.2 Å². The van der Waals surface area contributed by atoms with Gasteiger partial charge in [-0.25, -0.2) is 8.78 Å². The molecule has 3 rings (SSSR count). The number of rotatable bonds is 4. The van der Waals surface area contributed by atoms with Crippen LogP contribution < -0.4 is 4.74 Å². The average Bonchev–Trinajstić information content (AvgIpc) is 3.10. The summed E-state index contributed by atoms with van der Waals surface area (Å²) in [5, 5.41) is 0. The first-order chi connectivity index (χ1) is 10.4. The predicted molar refractivity (Wildman–Crippen MR) is 84.3 cm³/mol. The van der Waals surface area contributed by atoms with E-state index in [1.54, 1.807) is 19.2 Å². The van der Waals surface area contributed by atoms with Gasteiger partial charge in [-0.3, -0.25) is 0 Å². The first kappa shape index (κ1) is 15.6. The number of hydrogen-bond donors (Lipinski definition) is 0. The van der Waals surface area contributed by atoms with E-state index in [9.17, 15) is 8.78 Å². The zero-order valence-electron chi connectivity index (χ0n) is 11.8. The van der Waals surface area contributed by atoms with Crippen LogP contribution in [0.15, 0.2) is 48.5 Å². The molecule has 5 heteroatoms. The summed E-state index contributed by atoms with van der Waals surface area (Å²) in [6, 6.07) is 13.8. The standard InChI is InChI=1S/C17H14Cl2F2O/c1-22-13-7-5-10(6-8-13)14-15(17(14,18)19)11-3-2-4-12(9-11)16(20)21/h2-9,14-16H,1H3/t14-,15?/m1/s1. The molecule has 0 radical (unpaired) electrons. The molecule has 1 fully saturated rings. The zero-order chi connectivity index (χ0) is 15.9. The third-order valence-corrected chi connectivity index (χ3v) is 4.99. The summed E-state index contributed by atoms with van der Waals surface area (Å²) in [5.74, 6) is 0.438. The molecular weight excluding hydrogens is 329 g/mol. The highest BCUT2D eigenvalue weighted by atomic mass is 35.5. The second-order valence-corrected chi connectivity index (χ2v) is 6.82. The smallest absolute Gasteiger partial charge is 0.263 e. The molecule has 0 spiro atoms. The molecule has 1 aliphatic rings. The largest absolute Gasteiger partial charge is 0.497 e. The summed E-state index contributed by atoms with van der Waals surface area (Å²) >= 11 is 12.8. The van der Waals surface area contributed by atoms with E-state index in [-0.39, 0.29) is 17.4 Å². The molecule has 0 bridgehead atoms. The number of hydrogen-bond acceptors (Lipinski definition) is 1. The summed E-state index contributed by atoms with van der Waals surface area (Å²) in [4.78, 5) is 0. The van der Waals surface area contributed by atoms with Crippen LogP contribution in [-0.2, 0) is 0 Å². The highest BCUT2D eigenvalue weighted by Crippen LogP contribution is 2.70. The summed E-state index contributed by atoms with van der Waals surface area (Å²) in [6.07, 6.45) is -2.50. The number of alkyl halides is 4. The monoisotopic (exact) mass is 342 g/mol. The van der Waals surface area contributed by atoms with Gasteiger partial charge in [-0.2, -0.15) is 0 Å². The van der Waals surface area contributed by atoms with Gasteiger partial charge in [0.15, 0.2) is 0 Å². The first-order valence-electron chi connectivity index (χ1n) is 6.85. The Hall–Kier alpha value is -1.32. The highest BCUT2D eigenvalue weighted by Gasteiger charge is 2.64. The molecule has 2 aromatic rings. The third-order valence-electron chi connectivity index (χ3n) is 4.05. The Morgan fingerprint density at radius 1 is 1.00 bits per heavy atom. The van der Waals surface area contributed by atoms with Crippen LogP contribution in [0.4, 0.5) is 8.78 Å². The fraction of sp³-hybridized carbons (Fsp3) is 0.294. The van der Waals surface area contributed by atoms with Gasteiger partial charge in [0.1, 0.15) is 10.1 Å². The van der Waals surface area contributed by atoms with Crippen molar-refractivity contribution in [2.24, 2.45) is 0 Å². The molecule has 1 nitrogen and oxygen atoms in total. The van der Waals surface area contributed by atoms with Crippen LogP contribution in [0.1, 0.15) is 35.0 Å². The van der Waals surface area contributed by atoms with Crippen molar-refractivity contribution >= 4 is 23.2 Å². The molecule has 0 amide bonds. The number of benzene rings is 2. The van der Waals surface area contributed by atoms with E-state index in [2.05, 4.69) is 0 Å². The Labute approximate surface area is 137 Å². The quantitative estimate of drug-likeness (QED) is 0.648. The molecular formula is C17H14Cl2F2O. The van der Waals surface area contributed by atoms with Gasteiger partial charge < -0.3 is 4.74 Å². The van der Waals surface area contributed by atoms with E-state index < -0.39 is 10.8 Å². The van der Waals surface area contributed by atoms with Gasteiger partial charge in [0.05, 0.1) is 7.11 Å². The molecule has 2 aromatic carbocycles. The van der Waals surface area contributed by atoms with Gasteiger partial charge in [0, 0.05) is 17.4 Å². The van der Waals surface area contributed by atoms with Crippen molar-refractivity contribution in [1.82, 2.24) is 0 Å². The van der Waals surface area contributed by atoms with Gasteiger partial charge >= 0.3 is 0 Å². The van der Waals surface area contributed by atoms with E-state index in [1.165, 1.54) is 12.1 Å². The normalized spacial score (nSPS) is 22.6. The Balaban J connectivity index is 1.90. The van der Waals surface area contributed by atoms with Crippen molar-refractivity contribution in [3.05, 3.63) is 65.2 Å². The maximum Gasteiger partial charge on any atom is 0.263 e. The molecule has 0 saturated heterocycles. The molecule has 1 saturated carbocycles. The lowest BCUT2D eigenvalue weighted by Gasteiger charge is -2.05. The van der Waals surface area contributed by atoms with Gasteiger partial charge in [-0.05, 0) is 29.3 Å². The lowest BCUT2D eigenvalue weighted by Crippen LogP contribution is -1.92. The van der Waals surface area contributed by atoms with Gasteiger partial charge in [0.2, 0.25) is 0 Å². The Morgan fingerprint density at radius 3 is 2.23 bits per heavy atom. The molecule has 1 aliphatic carbocycles. The Bertz CT molecular complexity index is 671. The van der Waals surface area contributed by atoms with Crippen molar-refractivity contribution in [3.63, 3.8) is 0 Å². The predicted octanol–water partition coefficient (Wildman–Crippen LogP) is 5.69. The molecule has 0 aromatic heterocycles. The summed E-state index contributed by atoms with van der Waals surface area (Å²) in [7, 11) is 1.60. The summed E-state index contributed by atoms with van der Waals surface area (Å²) < 4.78 is 29.8. The van der Waals surface area contributed by atoms with Crippen LogP contribution in [0.2, 0.25) is 0 Å². The first-order valence-corrected chi connectivity index (χ1v) is 7.60. The van der Waals surface area contributed by atoms with Crippen LogP contribution in [0, 0.1) is 0 Å². The SMILES string of the molecule is COc1ccc([C@@H]2C(c3cccc(C(F)F)c3)C2(Cl)Cl)cc1. The molecule has 22 heavy (non-hydrogen) atoms. The van der Waals surface area contributed by atoms with Crippen molar-refractivity contribution in [2.75, 3.05) is 7.11 Å². The summed E-state index contributed by atoms with van der Waals surface area (Å²) in [5.41, 5.74) is 1.70. The summed E-state index contributed by atoms with van der Waals surface area (Å²) in [6.45, 7) is 0. The van der Waals surface area contributed by atoms with Crippen LogP contribution in [-0.4, -0.2) is 11.4 Å². The Kier molecular flexibility index (Phi) is 4.04. The van der Waals surface area contributed by atoms with E-state index in [1.807, 2.05) is 24.3 Å². The van der Waals surface area contributed by atoms with Crippen molar-refractivity contribution in [1.29, 1.82) is 0 Å². The minimum atomic E-state index is -2.50. The fourth-order valence-electron chi connectivity index (χ4n) is 2.86. The average molecular weight is 343 g/mol. The zero-order valence-corrected chi connectivity index (χ0v) is 13.3. The minimum absolute atomic E-state index is 0.0120. The topological polar surface area (TPSA) is 9.23 Å². The molecule has 0 aliphatic heterocycles. The maximum atomic E-state index is 12.8. The molecule has 116 valence electrons. The molecule has 1 unspecified atom stereocenters. The van der Waals surface area contributed by atoms with Crippen molar-refractivity contribution in [3.8, 4) is 5.75 Å². The minimum Gasteiger partial charge on any atom is -0.497 e. The van der Waals surface area contributed by atoms with Crippen LogP contribution >= 0.6 is 23.2 Å².